The first kappa shape index (κ1) is 294. The third kappa shape index (κ3) is 222. The summed E-state index contributed by atoms with van der Waals surface area (Å²) in [5.74, 6) is 0. The van der Waals surface area contributed by atoms with Crippen LogP contribution in [0.25, 0.3) is 0 Å². The van der Waals surface area contributed by atoms with Crippen LogP contribution in [0.1, 0.15) is 78.0 Å². The van der Waals surface area contributed by atoms with Gasteiger partial charge in [-0.25, -0.2) is 159 Å². The molecule has 0 saturated carbocycles. The van der Waals surface area contributed by atoms with E-state index in [4.69, 9.17) is 0 Å². The summed E-state index contributed by atoms with van der Waals surface area (Å²) in [7, 11) is 0. The van der Waals surface area contributed by atoms with Crippen molar-refractivity contribution in [1.82, 2.24) is 0 Å². The summed E-state index contributed by atoms with van der Waals surface area (Å²) in [6.45, 7) is 58.8. The van der Waals surface area contributed by atoms with Gasteiger partial charge in [0.05, 0.1) is 0 Å². The van der Waals surface area contributed by atoms with Crippen LogP contribution < -0.4 is 0 Å². The molecule has 0 saturated heterocycles. The van der Waals surface area contributed by atoms with E-state index in [1.54, 1.807) is 181 Å². The van der Waals surface area contributed by atoms with Crippen molar-refractivity contribution in [1.29, 1.82) is 0 Å². The second-order valence-electron chi connectivity index (χ2n) is 16.6. The average Bonchev–Trinajstić information content (AvgIpc) is 2.08. The van der Waals surface area contributed by atoms with E-state index in [1.165, 1.54) is 0 Å². The summed E-state index contributed by atoms with van der Waals surface area (Å²) in [6.07, 6.45) is 0. The molecular weight excluding hydrogens is 6880 g/mol. The summed E-state index contributed by atoms with van der Waals surface area (Å²) in [5.41, 5.74) is 0. The van der Waals surface area contributed by atoms with Gasteiger partial charge in [-0.05, 0) is 21.5 Å². The smallest absolute Gasteiger partial charge is 0.316 e. The first-order chi connectivity index (χ1) is 46.3. The van der Waals surface area contributed by atoms with Gasteiger partial charge in [0, 0.05) is 892 Å². The predicted octanol–water partition coefficient (Wildman–Crippen LogP) is 28.4. The average molecular weight is 6950 g/mol. The van der Waals surface area contributed by atoms with E-state index in [1.807, 2.05) is 216 Å². The zero-order chi connectivity index (χ0) is 70.5. The summed E-state index contributed by atoms with van der Waals surface area (Å²) >= 11 is 25.2. The van der Waals surface area contributed by atoms with Crippen LogP contribution in [0.3, 0.4) is 0 Å². The molecule has 0 spiro atoms. The van der Waals surface area contributed by atoms with Crippen LogP contribution in [0.2, 0.25) is 0 Å². The molecule has 695 valence electrons. The number of hydrogen-bond donors (Lipinski definition) is 0. The maximum Gasteiger partial charge on any atom is 3.00 e. The molecule has 0 unspecified atom stereocenters. The van der Waals surface area contributed by atoms with Crippen molar-refractivity contribution in [2.24, 2.45) is 0 Å². The zero-order valence-electron chi connectivity index (χ0n) is 72.7. The Bertz CT molecular complexity index is 2930. The Kier molecular flexibility index (Phi) is 482. The standard InChI is InChI=1S/4C5H5S.12C5H4S.6V.20W.16Y/c16*1-5-3-2-4-6-5;;;;;;;;;;;;;;;;;;;;;;;;;;;;;;;;;;;;;;;;;;/h4*2-4H,1H2;12*2-3H,1H2;;;;;;;;;;;;;;;;;;;;;;;;;;;;;;;;;;;;;;;;;;/q4*-1;12*-2;;;;;;;;;;;;;;;;;;;;;;;;;;;;;;;;;;;;;;5*+3. The summed E-state index contributed by atoms with van der Waals surface area (Å²) in [6, 6.07) is 61.6. The molecule has 0 atom stereocenters. The molecule has 0 bridgehead atoms. The van der Waals surface area contributed by atoms with E-state index < -0.39 is 0 Å². The van der Waals surface area contributed by atoms with Gasteiger partial charge in [0.1, 0.15) is 0 Å². The second-order valence-corrected chi connectivity index (χ2v) is 32.3. The summed E-state index contributed by atoms with van der Waals surface area (Å²) in [5, 5.41) is 43.0. The first-order valence-electron chi connectivity index (χ1n) is 27.1. The summed E-state index contributed by atoms with van der Waals surface area (Å²) in [4.78, 5) is 17.5. The molecule has 0 aliphatic carbocycles. The maximum absolute atomic E-state index is 3.70. The fourth-order valence-corrected chi connectivity index (χ4v) is 11.5. The summed E-state index contributed by atoms with van der Waals surface area (Å²) < 4.78 is 0. The van der Waals surface area contributed by atoms with Crippen molar-refractivity contribution in [3.05, 3.63) is 469 Å². The Hall–Kier alpha value is 28.1. The van der Waals surface area contributed by atoms with Crippen molar-refractivity contribution < 1.29 is 1060 Å². The Morgan fingerprint density at radius 1 is 0.130 bits per heavy atom. The third-order valence-corrected chi connectivity index (χ3v) is 19.4. The molecule has 0 N–H and O–H groups in total. The number of rotatable bonds is 0. The van der Waals surface area contributed by atoms with Crippen molar-refractivity contribution in [3.8, 4) is 0 Å². The molecule has 17 radical (unpaired) electrons. The van der Waals surface area contributed by atoms with Crippen molar-refractivity contribution in [2.45, 2.75) is 0 Å². The SMILES string of the molecule is [CH2-]c1cc[c-]s1.[CH2-]c1cc[c-]s1.[CH2-]c1cc[c-]s1.[CH2-]c1cc[c-]s1.[CH2-]c1cc[c-]s1.[CH2-]c1cc[c-]s1.[CH2-]c1cc[c-]s1.[CH2-]c1cc[c-]s1.[CH2-]c1cc[c-]s1.[CH2-]c1cc[c-]s1.[CH2-]c1cc[c-]s1.[CH2-]c1cc[c-]s1.[CH2-]c1cccs1.[CH2-]c1cccs1.[CH2-]c1cccs1.[CH2-]c1cccs1.[V].[V].[V].[V].[V].[V].[W].[W].[W].[W].[W].[W].[W].[W].[W].[W].[W].[W].[W].[W].[W].[W].[W].[W].[W].[W].[Y+3].[Y+3].[Y+3].[Y+3].[Y+3].[Y].[Y].[Y].[Y].[Y].[Y].[Y].[Y].[Y].[Y].[Y]. The van der Waals surface area contributed by atoms with Gasteiger partial charge in [-0.3, -0.25) is 83.1 Å². The van der Waals surface area contributed by atoms with Gasteiger partial charge < -0.3 is 136 Å². The molecule has 58 heteroatoms. The van der Waals surface area contributed by atoms with Crippen LogP contribution in [0.4, 0.5) is 0 Å². The van der Waals surface area contributed by atoms with Gasteiger partial charge in [0.25, 0.3) is 0 Å². The van der Waals surface area contributed by atoms with Gasteiger partial charge in [-0.1, -0.05) is 0 Å². The molecule has 138 heavy (non-hydrogen) atoms. The Morgan fingerprint density at radius 3 is 0.217 bits per heavy atom. The normalized spacial score (nSPS) is 6.03. The van der Waals surface area contributed by atoms with E-state index in [0.29, 0.717) is 0 Å². The Labute approximate surface area is 1660 Å². The van der Waals surface area contributed by atoms with Gasteiger partial charge >= 0.3 is 164 Å². The quantitative estimate of drug-likeness (QED) is 0.133. The number of thiophene rings is 16. The first-order valence-corrected chi connectivity index (χ1v) is 40.4. The monoisotopic (exact) mass is 6950 g/mol. The van der Waals surface area contributed by atoms with Crippen LogP contribution in [0.15, 0.2) is 216 Å². The molecule has 0 fully saturated rings. The van der Waals surface area contributed by atoms with Gasteiger partial charge in [-0.2, -0.15) is 142 Å². The van der Waals surface area contributed by atoms with Gasteiger partial charge in [-0.15, -0.1) is 108 Å². The minimum Gasteiger partial charge on any atom is -0.316 e. The van der Waals surface area contributed by atoms with E-state index in [2.05, 4.69) is 175 Å². The fraction of sp³-hybridized carbons (Fsp3) is 0. The second kappa shape index (κ2) is 226. The molecule has 16 aromatic rings. The molecule has 0 nitrogen and oxygen atoms in total. The van der Waals surface area contributed by atoms with Gasteiger partial charge in [0.15, 0.2) is 0 Å². The molecule has 0 aliphatic heterocycles. The minimum atomic E-state index is 0. The van der Waals surface area contributed by atoms with Gasteiger partial charge in [0.2, 0.25) is 0 Å². The van der Waals surface area contributed by atoms with Crippen molar-refractivity contribution in [2.75, 3.05) is 0 Å². The molecular formula is C80H68S16V6W20Y16-13. The molecule has 0 aliphatic rings. The molecule has 16 heterocycles. The zero-order valence-corrected chi connectivity index (χ0v) is 198. The van der Waals surface area contributed by atoms with Crippen LogP contribution >= 0.6 is 181 Å². The van der Waals surface area contributed by atoms with E-state index in [0.717, 1.165) is 78.0 Å². The van der Waals surface area contributed by atoms with E-state index in [-0.39, 0.29) is 1060 Å². The third-order valence-electron chi connectivity index (χ3n) is 8.65. The topological polar surface area (TPSA) is 0 Å². The maximum atomic E-state index is 3.70. The molecule has 0 aromatic carbocycles. The Morgan fingerprint density at radius 2 is 0.203 bits per heavy atom. The van der Waals surface area contributed by atoms with E-state index >= 15 is 0 Å². The van der Waals surface area contributed by atoms with E-state index in [9.17, 15) is 0 Å². The van der Waals surface area contributed by atoms with Crippen molar-refractivity contribution in [3.63, 3.8) is 0 Å². The Balaban J connectivity index is -0.0000000175. The molecule has 0 amide bonds. The van der Waals surface area contributed by atoms with Crippen molar-refractivity contribution >= 4 is 181 Å². The molecule has 16 aromatic heterocycles. The van der Waals surface area contributed by atoms with Crippen LogP contribution in [0, 0.1) is 175 Å². The fourth-order valence-electron chi connectivity index (χ4n) is 4.50. The number of hydrogen-bond acceptors (Lipinski definition) is 16. The predicted molar refractivity (Wildman–Crippen MR) is 446 cm³/mol. The largest absolute Gasteiger partial charge is 3.00 e. The van der Waals surface area contributed by atoms with Crippen LogP contribution in [-0.4, -0.2) is 0 Å². The molecule has 16 rings (SSSR count). The minimum absolute atomic E-state index is 0. The van der Waals surface area contributed by atoms with Crippen LogP contribution in [0.5, 0.6) is 0 Å². The van der Waals surface area contributed by atoms with Crippen LogP contribution in [-0.2, 0) is 1060 Å².